The molecular formula is C11H18ClN3O. The summed E-state index contributed by atoms with van der Waals surface area (Å²) in [5.41, 5.74) is 6.47. The zero-order chi connectivity index (χ0) is 10.9. The van der Waals surface area contributed by atoms with Crippen LogP contribution in [0.4, 0.5) is 0 Å². The Morgan fingerprint density at radius 3 is 2.94 bits per heavy atom. The van der Waals surface area contributed by atoms with Gasteiger partial charge in [0.2, 0.25) is 0 Å². The van der Waals surface area contributed by atoms with Crippen LogP contribution >= 0.6 is 12.4 Å². The smallest absolute Gasteiger partial charge is 0.270 e. The number of nitrogens with two attached hydrogens (primary N) is 1. The second-order valence-electron chi connectivity index (χ2n) is 4.58. The van der Waals surface area contributed by atoms with Crippen molar-refractivity contribution in [2.45, 2.75) is 13.3 Å². The SMILES string of the molecule is CC1(CN)CCN(C(=O)c2ccc[nH]2)C1.Cl. The van der Waals surface area contributed by atoms with Crippen LogP contribution in [0.5, 0.6) is 0 Å². The number of hydrogen-bond donors (Lipinski definition) is 2. The molecule has 2 heterocycles. The van der Waals surface area contributed by atoms with Gasteiger partial charge in [0, 0.05) is 19.3 Å². The molecule has 1 saturated heterocycles. The lowest BCUT2D eigenvalue weighted by atomic mass is 9.90. The summed E-state index contributed by atoms with van der Waals surface area (Å²) in [7, 11) is 0. The maximum absolute atomic E-state index is 12.0. The summed E-state index contributed by atoms with van der Waals surface area (Å²) in [6.07, 6.45) is 2.77. The number of halogens is 1. The molecule has 0 saturated carbocycles. The predicted molar refractivity (Wildman–Crippen MR) is 65.7 cm³/mol. The Morgan fingerprint density at radius 2 is 2.44 bits per heavy atom. The van der Waals surface area contributed by atoms with E-state index in [1.165, 1.54) is 0 Å². The van der Waals surface area contributed by atoms with E-state index in [9.17, 15) is 4.79 Å². The van der Waals surface area contributed by atoms with Crippen LogP contribution in [0.1, 0.15) is 23.8 Å². The van der Waals surface area contributed by atoms with Gasteiger partial charge in [-0.2, -0.15) is 0 Å². The predicted octanol–water partition coefficient (Wildman–Crippen LogP) is 1.25. The highest BCUT2D eigenvalue weighted by Crippen LogP contribution is 2.29. The summed E-state index contributed by atoms with van der Waals surface area (Å²) in [4.78, 5) is 16.8. The number of likely N-dealkylation sites (tertiary alicyclic amines) is 1. The van der Waals surface area contributed by atoms with Gasteiger partial charge in [-0.1, -0.05) is 6.92 Å². The van der Waals surface area contributed by atoms with Crippen LogP contribution in [0.2, 0.25) is 0 Å². The van der Waals surface area contributed by atoms with Gasteiger partial charge in [-0.05, 0) is 30.5 Å². The normalized spacial score (nSPS) is 24.2. The standard InChI is InChI=1S/C11H17N3O.ClH/c1-11(7-12)4-6-14(8-11)10(15)9-3-2-5-13-9;/h2-3,5,13H,4,6-8,12H2,1H3;1H. The van der Waals surface area contributed by atoms with E-state index in [1.54, 1.807) is 12.3 Å². The molecule has 4 nitrogen and oxygen atoms in total. The quantitative estimate of drug-likeness (QED) is 0.821. The first-order valence-electron chi connectivity index (χ1n) is 5.27. The number of nitrogens with zero attached hydrogens (tertiary/aromatic N) is 1. The van der Waals surface area contributed by atoms with Gasteiger partial charge >= 0.3 is 0 Å². The largest absolute Gasteiger partial charge is 0.357 e. The molecule has 1 aliphatic heterocycles. The second kappa shape index (κ2) is 4.89. The van der Waals surface area contributed by atoms with E-state index in [1.807, 2.05) is 11.0 Å². The minimum absolute atomic E-state index is 0. The monoisotopic (exact) mass is 243 g/mol. The molecule has 1 aliphatic rings. The number of aromatic nitrogens is 1. The summed E-state index contributed by atoms with van der Waals surface area (Å²) in [6.45, 7) is 4.35. The first-order valence-corrected chi connectivity index (χ1v) is 5.27. The fraction of sp³-hybridized carbons (Fsp3) is 0.545. The second-order valence-corrected chi connectivity index (χ2v) is 4.58. The van der Waals surface area contributed by atoms with Crippen molar-refractivity contribution in [3.63, 3.8) is 0 Å². The van der Waals surface area contributed by atoms with Gasteiger partial charge in [-0.25, -0.2) is 0 Å². The maximum Gasteiger partial charge on any atom is 0.270 e. The average molecular weight is 244 g/mol. The lowest BCUT2D eigenvalue weighted by Crippen LogP contribution is -2.34. The minimum Gasteiger partial charge on any atom is -0.357 e. The molecule has 2 rings (SSSR count). The summed E-state index contributed by atoms with van der Waals surface area (Å²) in [5, 5.41) is 0. The number of H-pyrrole nitrogens is 1. The summed E-state index contributed by atoms with van der Waals surface area (Å²) < 4.78 is 0. The number of rotatable bonds is 2. The van der Waals surface area contributed by atoms with E-state index in [0.717, 1.165) is 19.5 Å². The molecule has 1 atom stereocenters. The van der Waals surface area contributed by atoms with Crippen LogP contribution < -0.4 is 5.73 Å². The molecule has 1 aromatic heterocycles. The number of aromatic amines is 1. The van der Waals surface area contributed by atoms with Gasteiger partial charge in [0.15, 0.2) is 0 Å². The highest BCUT2D eigenvalue weighted by Gasteiger charge is 2.35. The zero-order valence-electron chi connectivity index (χ0n) is 9.40. The van der Waals surface area contributed by atoms with Crippen molar-refractivity contribution in [1.82, 2.24) is 9.88 Å². The van der Waals surface area contributed by atoms with Crippen LogP contribution in [0, 0.1) is 5.41 Å². The van der Waals surface area contributed by atoms with Crippen molar-refractivity contribution in [3.05, 3.63) is 24.0 Å². The van der Waals surface area contributed by atoms with E-state index in [2.05, 4.69) is 11.9 Å². The Bertz CT molecular complexity index is 352. The number of carbonyl (C=O) groups excluding carboxylic acids is 1. The first-order chi connectivity index (χ1) is 7.14. The van der Waals surface area contributed by atoms with Crippen LogP contribution in [0.3, 0.4) is 0 Å². The molecule has 0 aliphatic carbocycles. The molecule has 5 heteroatoms. The fourth-order valence-electron chi connectivity index (χ4n) is 2.00. The van der Waals surface area contributed by atoms with Crippen LogP contribution in [0.25, 0.3) is 0 Å². The number of amides is 1. The summed E-state index contributed by atoms with van der Waals surface area (Å²) in [5.74, 6) is 0.0807. The molecule has 1 aromatic rings. The number of nitrogens with one attached hydrogen (secondary N) is 1. The molecule has 0 bridgehead atoms. The van der Waals surface area contributed by atoms with Crippen LogP contribution in [-0.4, -0.2) is 35.4 Å². The Morgan fingerprint density at radius 1 is 1.69 bits per heavy atom. The number of carbonyl (C=O) groups is 1. The lowest BCUT2D eigenvalue weighted by Gasteiger charge is -2.22. The van der Waals surface area contributed by atoms with E-state index in [-0.39, 0.29) is 23.7 Å². The Hall–Kier alpha value is -1.00. The van der Waals surface area contributed by atoms with Gasteiger partial charge in [0.05, 0.1) is 0 Å². The van der Waals surface area contributed by atoms with Gasteiger partial charge in [-0.15, -0.1) is 12.4 Å². The molecule has 3 N–H and O–H groups in total. The molecule has 90 valence electrons. The van der Waals surface area contributed by atoms with Crippen molar-refractivity contribution >= 4 is 18.3 Å². The number of hydrogen-bond acceptors (Lipinski definition) is 2. The average Bonchev–Trinajstić information content (AvgIpc) is 2.86. The maximum atomic E-state index is 12.0. The molecule has 1 amide bonds. The highest BCUT2D eigenvalue weighted by molar-refractivity contribution is 5.92. The van der Waals surface area contributed by atoms with Crippen molar-refractivity contribution < 1.29 is 4.79 Å². The molecule has 16 heavy (non-hydrogen) atoms. The molecule has 0 aromatic carbocycles. The molecule has 0 spiro atoms. The van der Waals surface area contributed by atoms with E-state index < -0.39 is 0 Å². The lowest BCUT2D eigenvalue weighted by molar-refractivity contribution is 0.0772. The first kappa shape index (κ1) is 13.1. The summed E-state index contributed by atoms with van der Waals surface area (Å²) in [6, 6.07) is 3.64. The third-order valence-corrected chi connectivity index (χ3v) is 3.17. The zero-order valence-corrected chi connectivity index (χ0v) is 10.2. The Balaban J connectivity index is 0.00000128. The van der Waals surface area contributed by atoms with E-state index in [0.29, 0.717) is 12.2 Å². The highest BCUT2D eigenvalue weighted by atomic mass is 35.5. The van der Waals surface area contributed by atoms with Gasteiger partial charge < -0.3 is 15.6 Å². The molecule has 1 fully saturated rings. The summed E-state index contributed by atoms with van der Waals surface area (Å²) >= 11 is 0. The molecule has 0 radical (unpaired) electrons. The van der Waals surface area contributed by atoms with Crippen molar-refractivity contribution in [1.29, 1.82) is 0 Å². The topological polar surface area (TPSA) is 62.1 Å². The van der Waals surface area contributed by atoms with Crippen LogP contribution in [0.15, 0.2) is 18.3 Å². The minimum atomic E-state index is 0. The Labute approximate surface area is 102 Å². The van der Waals surface area contributed by atoms with Crippen molar-refractivity contribution in [2.24, 2.45) is 11.1 Å². The van der Waals surface area contributed by atoms with E-state index in [4.69, 9.17) is 5.73 Å². The third kappa shape index (κ3) is 2.39. The third-order valence-electron chi connectivity index (χ3n) is 3.17. The van der Waals surface area contributed by atoms with Crippen molar-refractivity contribution in [3.8, 4) is 0 Å². The van der Waals surface area contributed by atoms with Gasteiger partial charge in [0.25, 0.3) is 5.91 Å². The Kier molecular flexibility index (Phi) is 3.99. The van der Waals surface area contributed by atoms with Crippen LogP contribution in [-0.2, 0) is 0 Å². The van der Waals surface area contributed by atoms with Gasteiger partial charge in [0.1, 0.15) is 5.69 Å². The molecular weight excluding hydrogens is 226 g/mol. The van der Waals surface area contributed by atoms with Gasteiger partial charge in [-0.3, -0.25) is 4.79 Å². The fourth-order valence-corrected chi connectivity index (χ4v) is 2.00. The van der Waals surface area contributed by atoms with E-state index >= 15 is 0 Å². The molecule has 1 unspecified atom stereocenters. The van der Waals surface area contributed by atoms with Crippen molar-refractivity contribution in [2.75, 3.05) is 19.6 Å².